The van der Waals surface area contributed by atoms with E-state index in [4.69, 9.17) is 0 Å². The maximum absolute atomic E-state index is 12.4. The molecule has 1 aromatic rings. The third-order valence-electron chi connectivity index (χ3n) is 3.50. The highest BCUT2D eigenvalue weighted by Crippen LogP contribution is 2.28. The van der Waals surface area contributed by atoms with Gasteiger partial charge in [0.15, 0.2) is 5.78 Å². The van der Waals surface area contributed by atoms with E-state index in [0.717, 1.165) is 5.56 Å². The van der Waals surface area contributed by atoms with Crippen molar-refractivity contribution in [2.75, 3.05) is 11.9 Å². The van der Waals surface area contributed by atoms with Gasteiger partial charge in [0, 0.05) is 18.2 Å². The van der Waals surface area contributed by atoms with E-state index >= 15 is 0 Å². The second-order valence-electron chi connectivity index (χ2n) is 5.09. The van der Waals surface area contributed by atoms with Gasteiger partial charge in [0.1, 0.15) is 0 Å². The van der Waals surface area contributed by atoms with E-state index in [1.165, 1.54) is 6.92 Å². The highest BCUT2D eigenvalue weighted by molar-refractivity contribution is 6.39. The molecule has 0 spiro atoms. The maximum Gasteiger partial charge on any atom is 0.375 e. The third-order valence-corrected chi connectivity index (χ3v) is 3.50. The molecule has 2 rings (SSSR count). The monoisotopic (exact) mass is 303 g/mol. The van der Waals surface area contributed by atoms with Crippen LogP contribution in [0.15, 0.2) is 18.2 Å². The summed E-state index contributed by atoms with van der Waals surface area (Å²) < 4.78 is 4.67. The number of amides is 1. The van der Waals surface area contributed by atoms with E-state index in [0.29, 0.717) is 17.7 Å². The van der Waals surface area contributed by atoms with Crippen LogP contribution in [0.1, 0.15) is 36.2 Å². The van der Waals surface area contributed by atoms with Gasteiger partial charge in [-0.1, -0.05) is 0 Å². The van der Waals surface area contributed by atoms with E-state index in [9.17, 15) is 19.2 Å². The summed E-state index contributed by atoms with van der Waals surface area (Å²) in [7, 11) is 0. The number of rotatable bonds is 4. The van der Waals surface area contributed by atoms with Crippen molar-refractivity contribution < 1.29 is 23.9 Å². The van der Waals surface area contributed by atoms with Crippen LogP contribution in [0, 0.1) is 5.92 Å². The number of esters is 1. The predicted molar refractivity (Wildman–Crippen MR) is 78.5 cm³/mol. The van der Waals surface area contributed by atoms with Gasteiger partial charge in [0.2, 0.25) is 5.91 Å². The lowest BCUT2D eigenvalue weighted by molar-refractivity contribution is -0.154. The van der Waals surface area contributed by atoms with Crippen molar-refractivity contribution in [1.82, 2.24) is 0 Å². The summed E-state index contributed by atoms with van der Waals surface area (Å²) in [6, 6.07) is 4.91. The van der Waals surface area contributed by atoms with Crippen molar-refractivity contribution >= 4 is 29.1 Å². The summed E-state index contributed by atoms with van der Waals surface area (Å²) in [4.78, 5) is 46.9. The molecule has 116 valence electrons. The molecule has 0 radical (unpaired) electrons. The average Bonchev–Trinajstić information content (AvgIpc) is 2.46. The molecule has 0 fully saturated rings. The Hall–Kier alpha value is -2.50. The minimum absolute atomic E-state index is 0.0994. The Balaban J connectivity index is 2.22. The molecular formula is C16H17NO5. The summed E-state index contributed by atoms with van der Waals surface area (Å²) in [6.07, 6.45) is 0.761. The first-order valence-corrected chi connectivity index (χ1v) is 7.09. The number of ketones is 2. The molecule has 22 heavy (non-hydrogen) atoms. The van der Waals surface area contributed by atoms with Crippen molar-refractivity contribution in [3.8, 4) is 0 Å². The SMILES string of the molecule is CCOC(=O)C(=O)C1CCc2cc(NC(C)=O)ccc2C1=O. The van der Waals surface area contributed by atoms with Crippen LogP contribution in [0.25, 0.3) is 0 Å². The number of hydrogen-bond acceptors (Lipinski definition) is 5. The van der Waals surface area contributed by atoms with Gasteiger partial charge in [-0.05, 0) is 43.5 Å². The maximum atomic E-state index is 12.4. The molecule has 0 aliphatic heterocycles. The number of anilines is 1. The number of carbonyl (C=O) groups excluding carboxylic acids is 4. The van der Waals surface area contributed by atoms with Gasteiger partial charge >= 0.3 is 5.97 Å². The molecule has 6 nitrogen and oxygen atoms in total. The highest BCUT2D eigenvalue weighted by atomic mass is 16.5. The van der Waals surface area contributed by atoms with Crippen molar-refractivity contribution in [3.05, 3.63) is 29.3 Å². The minimum Gasteiger partial charge on any atom is -0.460 e. The topological polar surface area (TPSA) is 89.5 Å². The molecule has 0 aromatic heterocycles. The summed E-state index contributed by atoms with van der Waals surface area (Å²) in [5.74, 6) is -3.29. The van der Waals surface area contributed by atoms with E-state index in [-0.39, 0.29) is 24.7 Å². The van der Waals surface area contributed by atoms with Crippen LogP contribution in [-0.4, -0.2) is 30.0 Å². The van der Waals surface area contributed by atoms with Gasteiger partial charge in [-0.3, -0.25) is 14.4 Å². The zero-order valence-electron chi connectivity index (χ0n) is 12.5. The Labute approximate surface area is 127 Å². The van der Waals surface area contributed by atoms with E-state index in [1.54, 1.807) is 25.1 Å². The van der Waals surface area contributed by atoms with Crippen molar-refractivity contribution in [3.63, 3.8) is 0 Å². The fourth-order valence-corrected chi connectivity index (χ4v) is 2.54. The second kappa shape index (κ2) is 6.51. The van der Waals surface area contributed by atoms with Crippen molar-refractivity contribution in [2.45, 2.75) is 26.7 Å². The Morgan fingerprint density at radius 1 is 1.32 bits per heavy atom. The lowest BCUT2D eigenvalue weighted by atomic mass is 9.80. The number of fused-ring (bicyclic) bond motifs is 1. The van der Waals surface area contributed by atoms with Crippen LogP contribution in [-0.2, 0) is 25.5 Å². The third kappa shape index (κ3) is 3.21. The molecule has 0 bridgehead atoms. The molecule has 1 atom stereocenters. The summed E-state index contributed by atoms with van der Waals surface area (Å²) >= 11 is 0. The van der Waals surface area contributed by atoms with Crippen molar-refractivity contribution in [1.29, 1.82) is 0 Å². The predicted octanol–water partition coefficient (Wildman–Crippen LogP) is 1.52. The van der Waals surface area contributed by atoms with Crippen LogP contribution in [0.3, 0.4) is 0 Å². The second-order valence-corrected chi connectivity index (χ2v) is 5.09. The first-order valence-electron chi connectivity index (χ1n) is 7.09. The largest absolute Gasteiger partial charge is 0.460 e. The smallest absolute Gasteiger partial charge is 0.375 e. The molecule has 1 N–H and O–H groups in total. The standard InChI is InChI=1S/C16H17NO5/c1-3-22-16(21)15(20)13-6-4-10-8-11(17-9(2)18)5-7-12(10)14(13)19/h5,7-8,13H,3-4,6H2,1-2H3,(H,17,18). The summed E-state index contributed by atoms with van der Waals surface area (Å²) in [5, 5.41) is 2.65. The molecule has 1 aliphatic rings. The number of Topliss-reactive ketones (excluding diaryl/α,β-unsaturated/α-hetero) is 2. The lowest BCUT2D eigenvalue weighted by Crippen LogP contribution is -2.35. The van der Waals surface area contributed by atoms with Crippen LogP contribution < -0.4 is 5.32 Å². The number of nitrogens with one attached hydrogen (secondary N) is 1. The van der Waals surface area contributed by atoms with Crippen molar-refractivity contribution in [2.24, 2.45) is 5.92 Å². The fraction of sp³-hybridized carbons (Fsp3) is 0.375. The summed E-state index contributed by atoms with van der Waals surface area (Å²) in [5.41, 5.74) is 1.79. The fourth-order valence-electron chi connectivity index (χ4n) is 2.54. The number of ether oxygens (including phenoxy) is 1. The molecule has 6 heteroatoms. The van der Waals surface area contributed by atoms with E-state index in [1.807, 2.05) is 0 Å². The minimum atomic E-state index is -0.974. The van der Waals surface area contributed by atoms with E-state index < -0.39 is 17.7 Å². The zero-order chi connectivity index (χ0) is 16.3. The quantitative estimate of drug-likeness (QED) is 0.517. The molecule has 1 aromatic carbocycles. The highest BCUT2D eigenvalue weighted by Gasteiger charge is 2.36. The van der Waals surface area contributed by atoms with Gasteiger partial charge in [-0.15, -0.1) is 0 Å². The molecule has 1 unspecified atom stereocenters. The van der Waals surface area contributed by atoms with Crippen LogP contribution in [0.5, 0.6) is 0 Å². The van der Waals surface area contributed by atoms with E-state index in [2.05, 4.69) is 10.1 Å². The molecule has 0 heterocycles. The Morgan fingerprint density at radius 3 is 2.68 bits per heavy atom. The first-order chi connectivity index (χ1) is 10.4. The average molecular weight is 303 g/mol. The molecule has 0 saturated heterocycles. The van der Waals surface area contributed by atoms with Gasteiger partial charge in [-0.25, -0.2) is 4.79 Å². The van der Waals surface area contributed by atoms with Crippen LogP contribution >= 0.6 is 0 Å². The molecule has 0 saturated carbocycles. The van der Waals surface area contributed by atoms with Gasteiger partial charge in [-0.2, -0.15) is 0 Å². The van der Waals surface area contributed by atoms with Gasteiger partial charge in [0.05, 0.1) is 12.5 Å². The van der Waals surface area contributed by atoms with Crippen LogP contribution in [0.2, 0.25) is 0 Å². The normalized spacial score (nSPS) is 16.6. The molecule has 1 aliphatic carbocycles. The Kier molecular flexibility index (Phi) is 4.70. The van der Waals surface area contributed by atoms with Gasteiger partial charge in [0.25, 0.3) is 5.78 Å². The molecule has 1 amide bonds. The number of benzene rings is 1. The Morgan fingerprint density at radius 2 is 2.05 bits per heavy atom. The Bertz CT molecular complexity index is 650. The summed E-state index contributed by atoms with van der Waals surface area (Å²) in [6.45, 7) is 3.10. The zero-order valence-corrected chi connectivity index (χ0v) is 12.5. The molecular weight excluding hydrogens is 286 g/mol. The van der Waals surface area contributed by atoms with Gasteiger partial charge < -0.3 is 10.1 Å². The first kappa shape index (κ1) is 15.9. The number of carbonyl (C=O) groups is 4. The lowest BCUT2D eigenvalue weighted by Gasteiger charge is -2.22. The number of hydrogen-bond donors (Lipinski definition) is 1. The van der Waals surface area contributed by atoms with Crippen LogP contribution in [0.4, 0.5) is 5.69 Å². The number of aryl methyl sites for hydroxylation is 1.